The first-order valence-electron chi connectivity index (χ1n) is 15.6. The summed E-state index contributed by atoms with van der Waals surface area (Å²) in [5.74, 6) is 2.91. The SMILES string of the molecule is CCCCCCCCCCc1ccc(-c2cnc(CC[C@H]3CC[C@H](CCCCC)CC3)nc2C)cc1. The van der Waals surface area contributed by atoms with Crippen LogP contribution < -0.4 is 0 Å². The van der Waals surface area contributed by atoms with E-state index in [2.05, 4.69) is 51.2 Å². The molecule has 1 aromatic heterocycles. The Hall–Kier alpha value is -1.70. The van der Waals surface area contributed by atoms with E-state index in [-0.39, 0.29) is 0 Å². The van der Waals surface area contributed by atoms with Crippen LogP contribution in [0.3, 0.4) is 0 Å². The molecule has 1 aliphatic rings. The van der Waals surface area contributed by atoms with Gasteiger partial charge >= 0.3 is 0 Å². The molecule has 2 nitrogen and oxygen atoms in total. The maximum Gasteiger partial charge on any atom is 0.128 e. The highest BCUT2D eigenvalue weighted by Crippen LogP contribution is 2.34. The number of aryl methyl sites for hydroxylation is 3. The van der Waals surface area contributed by atoms with Gasteiger partial charge in [-0.3, -0.25) is 0 Å². The highest BCUT2D eigenvalue weighted by molar-refractivity contribution is 5.65. The standard InChI is InChI=1S/C34H54N2/c1-4-6-8-9-10-11-12-14-16-30-21-24-32(25-22-30)33-27-35-34(36-28(33)3)26-23-31-19-17-29(18-20-31)15-13-7-5-2/h21-22,24-25,27,29,31H,4-20,23,26H2,1-3H3/t29-,31-. The van der Waals surface area contributed by atoms with Crippen LogP contribution >= 0.6 is 0 Å². The highest BCUT2D eigenvalue weighted by atomic mass is 14.9. The fourth-order valence-electron chi connectivity index (χ4n) is 6.06. The van der Waals surface area contributed by atoms with Crippen LogP contribution in [0.4, 0.5) is 0 Å². The van der Waals surface area contributed by atoms with Crippen LogP contribution in [0.5, 0.6) is 0 Å². The van der Waals surface area contributed by atoms with Crippen molar-refractivity contribution in [3.05, 3.63) is 47.5 Å². The molecule has 1 heterocycles. The molecule has 2 heteroatoms. The van der Waals surface area contributed by atoms with Gasteiger partial charge in [-0.2, -0.15) is 0 Å². The molecule has 1 aliphatic carbocycles. The summed E-state index contributed by atoms with van der Waals surface area (Å²) < 4.78 is 0. The lowest BCUT2D eigenvalue weighted by Crippen LogP contribution is -2.15. The number of rotatable bonds is 17. The molecule has 0 N–H and O–H groups in total. The van der Waals surface area contributed by atoms with Crippen LogP contribution in [-0.2, 0) is 12.8 Å². The highest BCUT2D eigenvalue weighted by Gasteiger charge is 2.21. The number of unbranched alkanes of at least 4 members (excludes halogenated alkanes) is 9. The zero-order valence-electron chi connectivity index (χ0n) is 23.9. The Labute approximate surface area is 223 Å². The van der Waals surface area contributed by atoms with Crippen LogP contribution in [0.25, 0.3) is 11.1 Å². The average molecular weight is 491 g/mol. The zero-order valence-corrected chi connectivity index (χ0v) is 23.9. The first-order valence-corrected chi connectivity index (χ1v) is 15.6. The van der Waals surface area contributed by atoms with Gasteiger partial charge in [0.1, 0.15) is 5.82 Å². The van der Waals surface area contributed by atoms with Crippen molar-refractivity contribution in [3.8, 4) is 11.1 Å². The largest absolute Gasteiger partial charge is 0.241 e. The van der Waals surface area contributed by atoms with Crippen molar-refractivity contribution < 1.29 is 0 Å². The zero-order chi connectivity index (χ0) is 25.4. The minimum Gasteiger partial charge on any atom is -0.241 e. The van der Waals surface area contributed by atoms with Crippen molar-refractivity contribution in [1.82, 2.24) is 9.97 Å². The molecule has 0 radical (unpaired) electrons. The molecule has 1 saturated carbocycles. The van der Waals surface area contributed by atoms with Crippen LogP contribution in [0.15, 0.2) is 30.5 Å². The first-order chi connectivity index (χ1) is 17.7. The maximum absolute atomic E-state index is 4.91. The Balaban J connectivity index is 1.37. The molecule has 1 aromatic carbocycles. The summed E-state index contributed by atoms with van der Waals surface area (Å²) in [5.41, 5.74) is 5.01. The fraction of sp³-hybridized carbons (Fsp3) is 0.706. The van der Waals surface area contributed by atoms with Crippen molar-refractivity contribution in [2.24, 2.45) is 11.8 Å². The van der Waals surface area contributed by atoms with Gasteiger partial charge in [0, 0.05) is 23.9 Å². The third kappa shape index (κ3) is 10.3. The predicted molar refractivity (Wildman–Crippen MR) is 156 cm³/mol. The molecule has 3 rings (SSSR count). The van der Waals surface area contributed by atoms with E-state index in [4.69, 9.17) is 9.97 Å². The molecule has 0 amide bonds. The summed E-state index contributed by atoms with van der Waals surface area (Å²) in [7, 11) is 0. The molecule has 2 aromatic rings. The van der Waals surface area contributed by atoms with E-state index < -0.39 is 0 Å². The Morgan fingerprint density at radius 3 is 1.89 bits per heavy atom. The summed E-state index contributed by atoms with van der Waals surface area (Å²) in [4.78, 5) is 9.68. The third-order valence-corrected chi connectivity index (χ3v) is 8.57. The second kappa shape index (κ2) is 16.9. The topological polar surface area (TPSA) is 25.8 Å². The van der Waals surface area contributed by atoms with E-state index in [1.165, 1.54) is 132 Å². The second-order valence-corrected chi connectivity index (χ2v) is 11.6. The monoisotopic (exact) mass is 490 g/mol. The number of hydrogen-bond acceptors (Lipinski definition) is 2. The number of hydrogen-bond donors (Lipinski definition) is 0. The van der Waals surface area contributed by atoms with Crippen molar-refractivity contribution in [2.45, 2.75) is 143 Å². The normalized spacial score (nSPS) is 18.0. The Kier molecular flexibility index (Phi) is 13.6. The molecular weight excluding hydrogens is 436 g/mol. The summed E-state index contributed by atoms with van der Waals surface area (Å²) in [5, 5.41) is 0. The van der Waals surface area contributed by atoms with Gasteiger partial charge in [-0.1, -0.05) is 134 Å². The summed E-state index contributed by atoms with van der Waals surface area (Å²) in [6.45, 7) is 6.75. The van der Waals surface area contributed by atoms with Crippen molar-refractivity contribution in [3.63, 3.8) is 0 Å². The van der Waals surface area contributed by atoms with Crippen molar-refractivity contribution in [1.29, 1.82) is 0 Å². The quantitative estimate of drug-likeness (QED) is 0.206. The molecule has 0 saturated heterocycles. The smallest absolute Gasteiger partial charge is 0.128 e. The van der Waals surface area contributed by atoms with Gasteiger partial charge in [0.15, 0.2) is 0 Å². The molecule has 200 valence electrons. The van der Waals surface area contributed by atoms with E-state index in [1.54, 1.807) is 0 Å². The van der Waals surface area contributed by atoms with Gasteiger partial charge in [0.05, 0.1) is 0 Å². The van der Waals surface area contributed by atoms with Crippen molar-refractivity contribution >= 4 is 0 Å². The second-order valence-electron chi connectivity index (χ2n) is 11.6. The molecule has 1 fully saturated rings. The van der Waals surface area contributed by atoms with E-state index in [0.717, 1.165) is 29.8 Å². The molecule has 36 heavy (non-hydrogen) atoms. The summed E-state index contributed by atoms with van der Waals surface area (Å²) in [6, 6.07) is 9.15. The van der Waals surface area contributed by atoms with Crippen LogP contribution in [0, 0.1) is 18.8 Å². The minimum atomic E-state index is 0.879. The Bertz CT molecular complexity index is 833. The fourth-order valence-corrected chi connectivity index (χ4v) is 6.06. The van der Waals surface area contributed by atoms with Gasteiger partial charge in [-0.15, -0.1) is 0 Å². The molecule has 0 unspecified atom stereocenters. The van der Waals surface area contributed by atoms with Crippen molar-refractivity contribution in [2.75, 3.05) is 0 Å². The predicted octanol–water partition coefficient (Wildman–Crippen LogP) is 10.5. The van der Waals surface area contributed by atoms with Gasteiger partial charge in [-0.05, 0) is 49.1 Å². The molecule has 0 spiro atoms. The van der Waals surface area contributed by atoms with E-state index in [9.17, 15) is 0 Å². The van der Waals surface area contributed by atoms with Gasteiger partial charge in [-0.25, -0.2) is 9.97 Å². The van der Waals surface area contributed by atoms with Crippen LogP contribution in [-0.4, -0.2) is 9.97 Å². The molecule has 0 aliphatic heterocycles. The lowest BCUT2D eigenvalue weighted by atomic mass is 9.78. The summed E-state index contributed by atoms with van der Waals surface area (Å²) in [6.07, 6.45) is 28.0. The van der Waals surface area contributed by atoms with E-state index in [0.29, 0.717) is 0 Å². The Morgan fingerprint density at radius 1 is 0.667 bits per heavy atom. The number of nitrogens with zero attached hydrogens (tertiary/aromatic N) is 2. The minimum absolute atomic E-state index is 0.879. The maximum atomic E-state index is 4.91. The van der Waals surface area contributed by atoms with E-state index in [1.807, 2.05) is 0 Å². The first kappa shape index (κ1) is 28.9. The van der Waals surface area contributed by atoms with Gasteiger partial charge in [0.2, 0.25) is 0 Å². The molecular formula is C34H54N2. The molecule has 0 atom stereocenters. The summed E-state index contributed by atoms with van der Waals surface area (Å²) >= 11 is 0. The molecule has 0 bridgehead atoms. The Morgan fingerprint density at radius 2 is 1.25 bits per heavy atom. The van der Waals surface area contributed by atoms with Crippen LogP contribution in [0.2, 0.25) is 0 Å². The van der Waals surface area contributed by atoms with Gasteiger partial charge < -0.3 is 0 Å². The lowest BCUT2D eigenvalue weighted by Gasteiger charge is -2.28. The van der Waals surface area contributed by atoms with Crippen LogP contribution in [0.1, 0.15) is 140 Å². The van der Waals surface area contributed by atoms with Gasteiger partial charge in [0.25, 0.3) is 0 Å². The number of benzene rings is 1. The third-order valence-electron chi connectivity index (χ3n) is 8.57. The number of aromatic nitrogens is 2. The van der Waals surface area contributed by atoms with E-state index >= 15 is 0 Å². The lowest BCUT2D eigenvalue weighted by molar-refractivity contribution is 0.248. The average Bonchev–Trinajstić information content (AvgIpc) is 2.90.